The topological polar surface area (TPSA) is 29.3 Å². The third-order valence-electron chi connectivity index (χ3n) is 6.38. The van der Waals surface area contributed by atoms with E-state index in [2.05, 4.69) is 72.6 Å². The van der Waals surface area contributed by atoms with E-state index in [0.717, 1.165) is 18.5 Å². The lowest BCUT2D eigenvalue weighted by molar-refractivity contribution is 0.119. The zero-order valence-corrected chi connectivity index (χ0v) is 14.6. The summed E-state index contributed by atoms with van der Waals surface area (Å²) in [5.74, 6) is 0.712. The molecule has 3 atom stereocenters. The highest BCUT2D eigenvalue weighted by atomic mass is 15.2. The van der Waals surface area contributed by atoms with Gasteiger partial charge in [-0.2, -0.15) is 0 Å². The van der Waals surface area contributed by atoms with Gasteiger partial charge in [0.2, 0.25) is 0 Å². The van der Waals surface area contributed by atoms with Crippen LogP contribution in [0.5, 0.6) is 0 Å². The predicted octanol–water partition coefficient (Wildman–Crippen LogP) is 4.15. The summed E-state index contributed by atoms with van der Waals surface area (Å²) in [6.07, 6.45) is 6.37. The van der Waals surface area contributed by atoms with E-state index < -0.39 is 0 Å². The molecule has 2 aromatic rings. The van der Waals surface area contributed by atoms with E-state index in [9.17, 15) is 0 Å². The van der Waals surface area contributed by atoms with Crippen molar-refractivity contribution in [3.8, 4) is 0 Å². The van der Waals surface area contributed by atoms with Crippen molar-refractivity contribution in [2.75, 3.05) is 7.05 Å². The van der Waals surface area contributed by atoms with E-state index in [4.69, 9.17) is 5.73 Å². The maximum atomic E-state index is 7.10. The minimum absolute atomic E-state index is 0.386. The molecule has 24 heavy (non-hydrogen) atoms. The number of rotatable bonds is 4. The van der Waals surface area contributed by atoms with Crippen LogP contribution in [0.25, 0.3) is 0 Å². The monoisotopic (exact) mass is 320 g/mol. The molecule has 0 aliphatic carbocycles. The summed E-state index contributed by atoms with van der Waals surface area (Å²) >= 11 is 0. The van der Waals surface area contributed by atoms with Crippen LogP contribution in [0, 0.1) is 5.92 Å². The maximum absolute atomic E-state index is 7.10. The van der Waals surface area contributed by atoms with Gasteiger partial charge in [0.25, 0.3) is 0 Å². The largest absolute Gasteiger partial charge is 0.318 e. The van der Waals surface area contributed by atoms with Gasteiger partial charge in [-0.1, -0.05) is 60.7 Å². The van der Waals surface area contributed by atoms with Crippen LogP contribution in [0.2, 0.25) is 0 Å². The number of piperidine rings is 1. The van der Waals surface area contributed by atoms with Gasteiger partial charge in [-0.3, -0.25) is 0 Å². The number of hydrogen-bond donors (Lipinski definition) is 1. The van der Waals surface area contributed by atoms with Gasteiger partial charge < -0.3 is 10.6 Å². The molecule has 126 valence electrons. The maximum Gasteiger partial charge on any atom is 0.0668 e. The van der Waals surface area contributed by atoms with Crippen LogP contribution in [0.3, 0.4) is 0 Å². The Morgan fingerprint density at radius 1 is 0.875 bits per heavy atom. The molecular weight excluding hydrogens is 292 g/mol. The summed E-state index contributed by atoms with van der Waals surface area (Å²) < 4.78 is 0. The summed E-state index contributed by atoms with van der Waals surface area (Å²) in [4.78, 5) is 2.61. The molecule has 2 aliphatic rings. The number of nitrogens with zero attached hydrogens (tertiary/aromatic N) is 1. The van der Waals surface area contributed by atoms with Crippen molar-refractivity contribution in [1.82, 2.24) is 4.90 Å². The Bertz CT molecular complexity index is 613. The first-order valence-corrected chi connectivity index (χ1v) is 9.28. The van der Waals surface area contributed by atoms with Gasteiger partial charge in [0.05, 0.1) is 5.54 Å². The minimum atomic E-state index is -0.386. The highest BCUT2D eigenvalue weighted by Crippen LogP contribution is 2.43. The number of nitrogens with two attached hydrogens (primary N) is 1. The average molecular weight is 320 g/mol. The molecule has 2 bridgehead atoms. The van der Waals surface area contributed by atoms with Gasteiger partial charge in [0.15, 0.2) is 0 Å². The minimum Gasteiger partial charge on any atom is -0.318 e. The second-order valence-corrected chi connectivity index (χ2v) is 7.80. The number of benzene rings is 2. The first-order valence-electron chi connectivity index (χ1n) is 9.28. The molecule has 2 saturated heterocycles. The van der Waals surface area contributed by atoms with Crippen LogP contribution in [-0.4, -0.2) is 24.0 Å². The molecule has 0 radical (unpaired) electrons. The molecule has 0 spiro atoms. The van der Waals surface area contributed by atoms with Gasteiger partial charge in [-0.15, -0.1) is 0 Å². The van der Waals surface area contributed by atoms with E-state index in [0.29, 0.717) is 5.92 Å². The summed E-state index contributed by atoms with van der Waals surface area (Å²) in [5.41, 5.74) is 9.19. The van der Waals surface area contributed by atoms with Crippen molar-refractivity contribution in [3.05, 3.63) is 71.8 Å². The highest BCUT2D eigenvalue weighted by Gasteiger charge is 2.41. The van der Waals surface area contributed by atoms with Crippen LogP contribution in [0.4, 0.5) is 0 Å². The molecule has 2 heterocycles. The standard InChI is InChI=1S/C22H28N2/c1-24-20-12-13-21(24)15-17(14-20)16-22(23,18-8-4-2-5-9-18)19-10-6-3-7-11-19/h2-11,17,20-21H,12-16,23H2,1H3/t17?,20-,21+. The molecule has 2 nitrogen and oxygen atoms in total. The fourth-order valence-corrected chi connectivity index (χ4v) is 5.02. The van der Waals surface area contributed by atoms with Crippen molar-refractivity contribution in [2.45, 2.75) is 49.7 Å². The van der Waals surface area contributed by atoms with Crippen molar-refractivity contribution in [1.29, 1.82) is 0 Å². The van der Waals surface area contributed by atoms with Crippen LogP contribution in [0.15, 0.2) is 60.7 Å². The summed E-state index contributed by atoms with van der Waals surface area (Å²) in [7, 11) is 2.31. The molecule has 2 aliphatic heterocycles. The van der Waals surface area contributed by atoms with E-state index in [1.165, 1.54) is 36.8 Å². The number of fused-ring (bicyclic) bond motifs is 2. The third-order valence-corrected chi connectivity index (χ3v) is 6.38. The highest BCUT2D eigenvalue weighted by molar-refractivity contribution is 5.38. The van der Waals surface area contributed by atoms with Gasteiger partial charge in [-0.25, -0.2) is 0 Å². The molecule has 0 saturated carbocycles. The fraction of sp³-hybridized carbons (Fsp3) is 0.455. The average Bonchev–Trinajstić information content (AvgIpc) is 2.84. The predicted molar refractivity (Wildman–Crippen MR) is 99.8 cm³/mol. The Morgan fingerprint density at radius 3 is 1.79 bits per heavy atom. The Kier molecular flexibility index (Phi) is 4.19. The first kappa shape index (κ1) is 15.9. The SMILES string of the molecule is CN1[C@@H]2CC[C@H]1CC(CC(N)(c1ccccc1)c1ccccc1)C2. The normalized spacial score (nSPS) is 27.3. The van der Waals surface area contributed by atoms with E-state index in [1.807, 2.05) is 0 Å². The lowest BCUT2D eigenvalue weighted by Gasteiger charge is -2.41. The first-order chi connectivity index (χ1) is 11.7. The second kappa shape index (κ2) is 6.34. The summed E-state index contributed by atoms with van der Waals surface area (Å²) in [5, 5.41) is 0. The number of hydrogen-bond acceptors (Lipinski definition) is 2. The molecule has 2 N–H and O–H groups in total. The second-order valence-electron chi connectivity index (χ2n) is 7.80. The molecule has 0 aromatic heterocycles. The van der Waals surface area contributed by atoms with Crippen LogP contribution in [-0.2, 0) is 5.54 Å². The smallest absolute Gasteiger partial charge is 0.0668 e. The molecule has 0 amide bonds. The van der Waals surface area contributed by atoms with Crippen molar-refractivity contribution >= 4 is 0 Å². The molecular formula is C22H28N2. The van der Waals surface area contributed by atoms with Crippen LogP contribution >= 0.6 is 0 Å². The summed E-state index contributed by atoms with van der Waals surface area (Å²) in [6.45, 7) is 0. The molecule has 4 rings (SSSR count). The van der Waals surface area contributed by atoms with Crippen molar-refractivity contribution in [3.63, 3.8) is 0 Å². The van der Waals surface area contributed by atoms with E-state index in [-0.39, 0.29) is 5.54 Å². The van der Waals surface area contributed by atoms with Gasteiger partial charge >= 0.3 is 0 Å². The summed E-state index contributed by atoms with van der Waals surface area (Å²) in [6, 6.07) is 22.9. The zero-order valence-electron chi connectivity index (χ0n) is 14.6. The Balaban J connectivity index is 1.65. The third kappa shape index (κ3) is 2.78. The fourth-order valence-electron chi connectivity index (χ4n) is 5.02. The van der Waals surface area contributed by atoms with Crippen molar-refractivity contribution < 1.29 is 0 Å². The zero-order chi connectivity index (χ0) is 16.6. The van der Waals surface area contributed by atoms with Gasteiger partial charge in [-0.05, 0) is 56.2 Å². The van der Waals surface area contributed by atoms with E-state index >= 15 is 0 Å². The van der Waals surface area contributed by atoms with Gasteiger partial charge in [0.1, 0.15) is 0 Å². The van der Waals surface area contributed by atoms with Crippen LogP contribution < -0.4 is 5.73 Å². The Labute approximate surface area is 145 Å². The lowest BCUT2D eigenvalue weighted by atomic mass is 9.73. The molecule has 2 heteroatoms. The molecule has 2 fully saturated rings. The van der Waals surface area contributed by atoms with Crippen LogP contribution in [0.1, 0.15) is 43.2 Å². The Morgan fingerprint density at radius 2 is 1.33 bits per heavy atom. The Hall–Kier alpha value is -1.64. The molecule has 2 aromatic carbocycles. The lowest BCUT2D eigenvalue weighted by Crippen LogP contribution is -2.45. The van der Waals surface area contributed by atoms with E-state index in [1.54, 1.807) is 0 Å². The quantitative estimate of drug-likeness (QED) is 0.917. The molecule has 1 unspecified atom stereocenters. The van der Waals surface area contributed by atoms with Gasteiger partial charge in [0, 0.05) is 12.1 Å². The van der Waals surface area contributed by atoms with Crippen molar-refractivity contribution in [2.24, 2.45) is 11.7 Å².